The number of halogens is 1. The van der Waals surface area contributed by atoms with Crippen molar-refractivity contribution in [1.29, 1.82) is 0 Å². The van der Waals surface area contributed by atoms with Crippen molar-refractivity contribution in [2.75, 3.05) is 32.2 Å². The molecule has 0 radical (unpaired) electrons. The Kier molecular flexibility index (Phi) is 6.06. The van der Waals surface area contributed by atoms with E-state index in [1.807, 2.05) is 30.3 Å². The zero-order chi connectivity index (χ0) is 21.8. The lowest BCUT2D eigenvalue weighted by molar-refractivity contribution is 0.0932. The molecule has 31 heavy (non-hydrogen) atoms. The summed E-state index contributed by atoms with van der Waals surface area (Å²) < 4.78 is 24.0. The van der Waals surface area contributed by atoms with Gasteiger partial charge in [0.1, 0.15) is 5.75 Å². The third kappa shape index (κ3) is 4.63. The van der Waals surface area contributed by atoms with Gasteiger partial charge < -0.3 is 19.7 Å². The molecule has 0 saturated carbocycles. The number of carbonyl (C=O) groups is 1. The lowest BCUT2D eigenvalue weighted by Gasteiger charge is -2.33. The normalized spacial score (nSPS) is 16.1. The molecule has 2 heterocycles. The number of nitrogens with zero attached hydrogens (tertiary/aromatic N) is 2. The van der Waals surface area contributed by atoms with Crippen LogP contribution >= 0.6 is 0 Å². The number of aromatic amines is 1. The van der Waals surface area contributed by atoms with Gasteiger partial charge >= 0.3 is 0 Å². The van der Waals surface area contributed by atoms with Crippen molar-refractivity contribution in [3.8, 4) is 22.8 Å². The monoisotopic (exact) mass is 424 g/mol. The number of benzene rings is 2. The average Bonchev–Trinajstić information content (AvgIpc) is 3.29. The number of anilines is 1. The SMILES string of the molecule is COc1ccc(-c2cc(N3CCC[C@@H](NC(=O)c4ccc(OC)c(F)c4)C3)n[nH]2)cc1. The van der Waals surface area contributed by atoms with Crippen molar-refractivity contribution in [2.45, 2.75) is 18.9 Å². The van der Waals surface area contributed by atoms with Crippen LogP contribution in [0.4, 0.5) is 10.2 Å². The van der Waals surface area contributed by atoms with E-state index in [9.17, 15) is 9.18 Å². The van der Waals surface area contributed by atoms with E-state index in [1.165, 1.54) is 19.2 Å². The maximum Gasteiger partial charge on any atom is 0.251 e. The molecule has 1 amide bonds. The molecule has 162 valence electrons. The Hall–Kier alpha value is -3.55. The Bertz CT molecular complexity index is 1050. The van der Waals surface area contributed by atoms with Crippen LogP contribution in [0.3, 0.4) is 0 Å². The number of hydrogen-bond donors (Lipinski definition) is 2. The molecule has 0 spiro atoms. The number of hydrogen-bond acceptors (Lipinski definition) is 5. The molecule has 2 N–H and O–H groups in total. The molecule has 0 unspecified atom stereocenters. The third-order valence-electron chi connectivity index (χ3n) is 5.46. The van der Waals surface area contributed by atoms with Crippen LogP contribution in [0.15, 0.2) is 48.5 Å². The van der Waals surface area contributed by atoms with Crippen LogP contribution in [-0.2, 0) is 0 Å². The van der Waals surface area contributed by atoms with Gasteiger partial charge in [-0.15, -0.1) is 0 Å². The summed E-state index contributed by atoms with van der Waals surface area (Å²) in [5.41, 5.74) is 2.21. The second-order valence-electron chi connectivity index (χ2n) is 7.48. The molecule has 7 nitrogen and oxygen atoms in total. The summed E-state index contributed by atoms with van der Waals surface area (Å²) >= 11 is 0. The van der Waals surface area contributed by atoms with Crippen molar-refractivity contribution in [1.82, 2.24) is 15.5 Å². The summed E-state index contributed by atoms with van der Waals surface area (Å²) in [6, 6.07) is 13.9. The smallest absolute Gasteiger partial charge is 0.251 e. The highest BCUT2D eigenvalue weighted by molar-refractivity contribution is 5.94. The largest absolute Gasteiger partial charge is 0.497 e. The summed E-state index contributed by atoms with van der Waals surface area (Å²) in [5, 5.41) is 10.5. The van der Waals surface area contributed by atoms with Gasteiger partial charge in [-0.3, -0.25) is 9.89 Å². The topological polar surface area (TPSA) is 79.5 Å². The first-order valence-corrected chi connectivity index (χ1v) is 10.2. The quantitative estimate of drug-likeness (QED) is 0.632. The Balaban J connectivity index is 1.41. The molecule has 3 aromatic rings. The summed E-state index contributed by atoms with van der Waals surface area (Å²) in [7, 11) is 3.03. The lowest BCUT2D eigenvalue weighted by Crippen LogP contribution is -2.48. The van der Waals surface area contributed by atoms with Gasteiger partial charge in [-0.25, -0.2) is 4.39 Å². The van der Waals surface area contributed by atoms with E-state index < -0.39 is 5.82 Å². The Morgan fingerprint density at radius 3 is 2.68 bits per heavy atom. The number of carbonyl (C=O) groups excluding carboxylic acids is 1. The van der Waals surface area contributed by atoms with Gasteiger partial charge in [0.2, 0.25) is 0 Å². The van der Waals surface area contributed by atoms with Gasteiger partial charge in [0.15, 0.2) is 17.4 Å². The molecule has 1 fully saturated rings. The minimum atomic E-state index is -0.553. The van der Waals surface area contributed by atoms with E-state index >= 15 is 0 Å². The fraction of sp³-hybridized carbons (Fsp3) is 0.304. The number of rotatable bonds is 6. The lowest BCUT2D eigenvalue weighted by atomic mass is 10.0. The molecule has 1 saturated heterocycles. The van der Waals surface area contributed by atoms with Crippen LogP contribution in [0.2, 0.25) is 0 Å². The number of methoxy groups -OCH3 is 2. The van der Waals surface area contributed by atoms with Gasteiger partial charge in [0.25, 0.3) is 5.91 Å². The van der Waals surface area contributed by atoms with E-state index in [-0.39, 0.29) is 23.3 Å². The molecule has 1 aromatic heterocycles. The van der Waals surface area contributed by atoms with Crippen LogP contribution in [0.1, 0.15) is 23.2 Å². The van der Waals surface area contributed by atoms with Gasteiger partial charge in [-0.2, -0.15) is 5.10 Å². The van der Waals surface area contributed by atoms with Crippen LogP contribution in [0.5, 0.6) is 11.5 Å². The standard InChI is InChI=1S/C23H25FN4O3/c1-30-18-8-5-15(6-9-18)20-13-22(27-26-20)28-11-3-4-17(14-28)25-23(29)16-7-10-21(31-2)19(24)12-16/h5-10,12-13,17H,3-4,11,14H2,1-2H3,(H,25,29)(H,26,27)/t17-/m1/s1. The van der Waals surface area contributed by atoms with Crippen molar-refractivity contribution < 1.29 is 18.7 Å². The van der Waals surface area contributed by atoms with E-state index in [4.69, 9.17) is 9.47 Å². The van der Waals surface area contributed by atoms with E-state index in [1.54, 1.807) is 13.2 Å². The van der Waals surface area contributed by atoms with E-state index in [0.29, 0.717) is 6.54 Å². The molecule has 0 aliphatic carbocycles. The molecule has 0 bridgehead atoms. The molecular formula is C23H25FN4O3. The van der Waals surface area contributed by atoms with Crippen LogP contribution in [-0.4, -0.2) is 49.5 Å². The molecule has 4 rings (SSSR count). The number of amides is 1. The fourth-order valence-electron chi connectivity index (χ4n) is 3.77. The highest BCUT2D eigenvalue weighted by Gasteiger charge is 2.24. The highest BCUT2D eigenvalue weighted by atomic mass is 19.1. The van der Waals surface area contributed by atoms with Crippen molar-refractivity contribution in [3.63, 3.8) is 0 Å². The number of piperidine rings is 1. The van der Waals surface area contributed by atoms with Crippen molar-refractivity contribution >= 4 is 11.7 Å². The van der Waals surface area contributed by atoms with Crippen molar-refractivity contribution in [2.24, 2.45) is 0 Å². The second-order valence-corrected chi connectivity index (χ2v) is 7.48. The first kappa shape index (κ1) is 20.7. The molecule has 1 aliphatic rings. The fourth-order valence-corrected chi connectivity index (χ4v) is 3.77. The van der Waals surface area contributed by atoms with Crippen LogP contribution in [0, 0.1) is 5.82 Å². The predicted molar refractivity (Wildman–Crippen MR) is 116 cm³/mol. The minimum Gasteiger partial charge on any atom is -0.497 e. The van der Waals surface area contributed by atoms with Gasteiger partial charge in [0.05, 0.1) is 19.9 Å². The maximum atomic E-state index is 13.9. The maximum absolute atomic E-state index is 13.9. The van der Waals surface area contributed by atoms with E-state index in [0.717, 1.165) is 42.2 Å². The van der Waals surface area contributed by atoms with E-state index in [2.05, 4.69) is 20.4 Å². The first-order chi connectivity index (χ1) is 15.1. The Morgan fingerprint density at radius 1 is 1.16 bits per heavy atom. The Labute approximate surface area is 180 Å². The second kappa shape index (κ2) is 9.07. The van der Waals surface area contributed by atoms with Crippen molar-refractivity contribution in [3.05, 3.63) is 59.9 Å². The number of H-pyrrole nitrogens is 1. The third-order valence-corrected chi connectivity index (χ3v) is 5.46. The number of nitrogens with one attached hydrogen (secondary N) is 2. The number of ether oxygens (including phenoxy) is 2. The molecule has 1 aliphatic heterocycles. The first-order valence-electron chi connectivity index (χ1n) is 10.2. The zero-order valence-corrected chi connectivity index (χ0v) is 17.5. The highest BCUT2D eigenvalue weighted by Crippen LogP contribution is 2.26. The van der Waals surface area contributed by atoms with Crippen LogP contribution < -0.4 is 19.7 Å². The molecule has 2 aromatic carbocycles. The average molecular weight is 424 g/mol. The Morgan fingerprint density at radius 2 is 1.97 bits per heavy atom. The van der Waals surface area contributed by atoms with Gasteiger partial charge in [-0.05, 0) is 60.9 Å². The van der Waals surface area contributed by atoms with Gasteiger partial charge in [-0.1, -0.05) is 0 Å². The molecule has 8 heteroatoms. The van der Waals surface area contributed by atoms with Crippen LogP contribution in [0.25, 0.3) is 11.3 Å². The summed E-state index contributed by atoms with van der Waals surface area (Å²) in [4.78, 5) is 14.7. The summed E-state index contributed by atoms with van der Waals surface area (Å²) in [6.07, 6.45) is 1.78. The number of aromatic nitrogens is 2. The zero-order valence-electron chi connectivity index (χ0n) is 17.5. The van der Waals surface area contributed by atoms with Gasteiger partial charge in [0, 0.05) is 30.8 Å². The summed E-state index contributed by atoms with van der Waals surface area (Å²) in [5.74, 6) is 0.902. The summed E-state index contributed by atoms with van der Waals surface area (Å²) in [6.45, 7) is 1.49. The predicted octanol–water partition coefficient (Wildman–Crippen LogP) is 3.63. The molecule has 1 atom stereocenters. The molecular weight excluding hydrogens is 399 g/mol. The minimum absolute atomic E-state index is 0.0486.